The van der Waals surface area contributed by atoms with E-state index in [9.17, 15) is 9.59 Å². The van der Waals surface area contributed by atoms with Crippen LogP contribution in [0.15, 0.2) is 9.59 Å². The summed E-state index contributed by atoms with van der Waals surface area (Å²) in [6, 6.07) is 0. The highest BCUT2D eigenvalue weighted by Gasteiger charge is 2.15. The summed E-state index contributed by atoms with van der Waals surface area (Å²) < 4.78 is 2.58. The maximum Gasteiger partial charge on any atom is 0.332 e. The van der Waals surface area contributed by atoms with Crippen LogP contribution in [0.1, 0.15) is 26.7 Å². The normalized spacial score (nSPS) is 11.1. The van der Waals surface area contributed by atoms with Crippen LogP contribution < -0.4 is 22.3 Å². The van der Waals surface area contributed by atoms with Gasteiger partial charge in [-0.25, -0.2) is 4.79 Å². The van der Waals surface area contributed by atoms with Crippen molar-refractivity contribution in [2.24, 2.45) is 13.0 Å². The van der Waals surface area contributed by atoms with E-state index in [2.05, 4.69) is 11.6 Å². The van der Waals surface area contributed by atoms with Crippen molar-refractivity contribution >= 4 is 23.3 Å². The predicted molar refractivity (Wildman–Crippen MR) is 91.3 cm³/mol. The molecule has 0 radical (unpaired) electrons. The first-order valence-corrected chi connectivity index (χ1v) is 8.61. The molecule has 0 aromatic carbocycles. The van der Waals surface area contributed by atoms with Gasteiger partial charge in [-0.15, -0.1) is 0 Å². The molecule has 1 heterocycles. The lowest BCUT2D eigenvalue weighted by Gasteiger charge is -2.17. The monoisotopic (exact) mass is 314 g/mol. The van der Waals surface area contributed by atoms with Gasteiger partial charge in [0, 0.05) is 20.1 Å². The van der Waals surface area contributed by atoms with Crippen LogP contribution in [0.3, 0.4) is 0 Å². The van der Waals surface area contributed by atoms with Gasteiger partial charge in [-0.1, -0.05) is 13.8 Å². The Bertz CT molecular complexity index is 578. The average Bonchev–Trinajstić information content (AvgIpc) is 2.44. The van der Waals surface area contributed by atoms with Crippen molar-refractivity contribution in [1.29, 1.82) is 0 Å². The molecule has 0 bridgehead atoms. The Kier molecular flexibility index (Phi) is 6.87. The minimum Gasteiger partial charge on any atom is -0.383 e. The Balaban J connectivity index is 3.00. The van der Waals surface area contributed by atoms with Crippen LogP contribution in [0.4, 0.5) is 11.5 Å². The summed E-state index contributed by atoms with van der Waals surface area (Å²) in [6.45, 7) is 5.19. The average molecular weight is 314 g/mol. The van der Waals surface area contributed by atoms with Gasteiger partial charge in [-0.3, -0.25) is 13.9 Å². The predicted octanol–water partition coefficient (Wildman–Crippen LogP) is 1.34. The van der Waals surface area contributed by atoms with Gasteiger partial charge in [0.05, 0.1) is 0 Å². The number of hydrogen-bond donors (Lipinski definition) is 2. The summed E-state index contributed by atoms with van der Waals surface area (Å²) in [5, 5.41) is 3.09. The molecule has 0 aliphatic heterocycles. The molecular weight excluding hydrogens is 288 g/mol. The first kappa shape index (κ1) is 17.7. The number of hydrogen-bond acceptors (Lipinski definition) is 5. The molecule has 1 aromatic heterocycles. The van der Waals surface area contributed by atoms with Crippen LogP contribution in [0.2, 0.25) is 0 Å². The number of unbranched alkanes of at least 4 members (excludes halogenated alkanes) is 1. The number of nitrogens with one attached hydrogen (secondary N) is 1. The molecule has 0 aliphatic rings. The number of rotatable bonds is 8. The molecule has 21 heavy (non-hydrogen) atoms. The third kappa shape index (κ3) is 4.56. The van der Waals surface area contributed by atoms with Gasteiger partial charge in [-0.05, 0) is 30.8 Å². The fourth-order valence-corrected chi connectivity index (χ4v) is 2.57. The molecule has 0 saturated carbocycles. The molecule has 1 rings (SSSR count). The number of nitrogens with zero attached hydrogens (tertiary/aromatic N) is 2. The van der Waals surface area contributed by atoms with Crippen LogP contribution in [0.25, 0.3) is 0 Å². The third-order valence-electron chi connectivity index (χ3n) is 3.21. The van der Waals surface area contributed by atoms with Crippen LogP contribution >= 0.6 is 11.8 Å². The van der Waals surface area contributed by atoms with Crippen molar-refractivity contribution in [3.8, 4) is 0 Å². The Morgan fingerprint density at radius 2 is 1.95 bits per heavy atom. The molecule has 0 aliphatic carbocycles. The molecule has 0 unspecified atom stereocenters. The van der Waals surface area contributed by atoms with Crippen LogP contribution in [-0.2, 0) is 13.6 Å². The number of aromatic nitrogens is 2. The zero-order valence-corrected chi connectivity index (χ0v) is 14.1. The number of nitrogens with two attached hydrogens (primary N) is 1. The highest BCUT2D eigenvalue weighted by Crippen LogP contribution is 2.12. The first-order chi connectivity index (χ1) is 9.90. The number of thioether (sulfide) groups is 1. The van der Waals surface area contributed by atoms with E-state index >= 15 is 0 Å². The molecule has 7 heteroatoms. The van der Waals surface area contributed by atoms with Crippen molar-refractivity contribution in [3.05, 3.63) is 20.8 Å². The number of nitrogen functional groups attached to an aromatic ring is 1. The van der Waals surface area contributed by atoms with E-state index in [-0.39, 0.29) is 23.0 Å². The summed E-state index contributed by atoms with van der Waals surface area (Å²) in [7, 11) is 1.49. The Morgan fingerprint density at radius 1 is 1.29 bits per heavy atom. The molecule has 6 nitrogen and oxygen atoms in total. The van der Waals surface area contributed by atoms with Crippen molar-refractivity contribution in [1.82, 2.24) is 9.13 Å². The lowest BCUT2D eigenvalue weighted by atomic mass is 10.2. The highest BCUT2D eigenvalue weighted by molar-refractivity contribution is 7.98. The molecule has 120 valence electrons. The molecular formula is C14H26N4O2S. The lowest BCUT2D eigenvalue weighted by Crippen LogP contribution is -2.41. The Labute approximate surface area is 129 Å². The third-order valence-corrected chi connectivity index (χ3v) is 3.90. The first-order valence-electron chi connectivity index (χ1n) is 7.22. The highest BCUT2D eigenvalue weighted by atomic mass is 32.2. The second-order valence-corrected chi connectivity index (χ2v) is 6.52. The van der Waals surface area contributed by atoms with Crippen LogP contribution in [-0.4, -0.2) is 27.7 Å². The Morgan fingerprint density at radius 3 is 2.52 bits per heavy atom. The quantitative estimate of drug-likeness (QED) is 0.708. The summed E-state index contributed by atoms with van der Waals surface area (Å²) in [5.74, 6) is 1.61. The fraction of sp³-hybridized carbons (Fsp3) is 0.714. The molecule has 3 N–H and O–H groups in total. The van der Waals surface area contributed by atoms with E-state index in [1.54, 1.807) is 11.8 Å². The van der Waals surface area contributed by atoms with E-state index < -0.39 is 0 Å². The molecule has 0 spiro atoms. The standard InChI is InChI=1S/C14H26N4O2S/c1-10(2)9-18-12(15)11(13(19)17(3)14(18)20)16-7-5-6-8-21-4/h10,16H,5-9,15H2,1-4H3. The van der Waals surface area contributed by atoms with Crippen molar-refractivity contribution in [3.63, 3.8) is 0 Å². The van der Waals surface area contributed by atoms with Crippen molar-refractivity contribution < 1.29 is 0 Å². The summed E-state index contributed by atoms with van der Waals surface area (Å²) in [6.07, 6.45) is 4.12. The molecule has 0 saturated heterocycles. The van der Waals surface area contributed by atoms with Crippen molar-refractivity contribution in [2.75, 3.05) is 29.6 Å². The Hall–Kier alpha value is -1.37. The lowest BCUT2D eigenvalue weighted by molar-refractivity contribution is 0.494. The molecule has 0 atom stereocenters. The van der Waals surface area contributed by atoms with Gasteiger partial charge in [0.1, 0.15) is 11.5 Å². The maximum atomic E-state index is 12.2. The minimum absolute atomic E-state index is 0.238. The van der Waals surface area contributed by atoms with Crippen molar-refractivity contribution in [2.45, 2.75) is 33.2 Å². The smallest absolute Gasteiger partial charge is 0.332 e. The SMILES string of the molecule is CSCCCCNc1c(N)n(CC(C)C)c(=O)n(C)c1=O. The molecule has 1 aromatic rings. The summed E-state index contributed by atoms with van der Waals surface area (Å²) >= 11 is 1.80. The largest absolute Gasteiger partial charge is 0.383 e. The van der Waals surface area contributed by atoms with Gasteiger partial charge < -0.3 is 11.1 Å². The van der Waals surface area contributed by atoms with Crippen LogP contribution in [0.5, 0.6) is 0 Å². The number of anilines is 2. The van der Waals surface area contributed by atoms with Gasteiger partial charge in [0.2, 0.25) is 0 Å². The van der Waals surface area contributed by atoms with E-state index in [0.29, 0.717) is 18.8 Å². The minimum atomic E-state index is -0.362. The van der Waals surface area contributed by atoms with Gasteiger partial charge >= 0.3 is 5.69 Å². The van der Waals surface area contributed by atoms with E-state index in [0.717, 1.165) is 23.2 Å². The van der Waals surface area contributed by atoms with E-state index in [1.165, 1.54) is 11.6 Å². The zero-order chi connectivity index (χ0) is 16.0. The summed E-state index contributed by atoms with van der Waals surface area (Å²) in [4.78, 5) is 24.3. The second-order valence-electron chi connectivity index (χ2n) is 5.54. The van der Waals surface area contributed by atoms with Gasteiger partial charge in [0.15, 0.2) is 0 Å². The maximum absolute atomic E-state index is 12.2. The second kappa shape index (κ2) is 8.17. The van der Waals surface area contributed by atoms with E-state index in [4.69, 9.17) is 5.73 Å². The summed E-state index contributed by atoms with van der Waals surface area (Å²) in [5.41, 5.74) is 5.64. The van der Waals surface area contributed by atoms with E-state index in [1.807, 2.05) is 13.8 Å². The molecule has 0 fully saturated rings. The molecule has 0 amide bonds. The van der Waals surface area contributed by atoms with Crippen LogP contribution in [0, 0.1) is 5.92 Å². The topological polar surface area (TPSA) is 82.0 Å². The van der Waals surface area contributed by atoms with Gasteiger partial charge in [-0.2, -0.15) is 11.8 Å². The fourth-order valence-electron chi connectivity index (χ4n) is 2.08. The zero-order valence-electron chi connectivity index (χ0n) is 13.3. The van der Waals surface area contributed by atoms with Gasteiger partial charge in [0.25, 0.3) is 5.56 Å².